The van der Waals surface area contributed by atoms with E-state index in [0.717, 1.165) is 44.1 Å². The predicted molar refractivity (Wildman–Crippen MR) is 82.9 cm³/mol. The number of halogens is 2. The molecule has 122 valence electrons. The number of nitrogens with zero attached hydrogens (tertiary/aromatic N) is 2. The normalized spacial score (nSPS) is 15.0. The Bertz CT molecular complexity index is 804. The van der Waals surface area contributed by atoms with Gasteiger partial charge in [0.25, 0.3) is 10.0 Å². The first-order valence-electron chi connectivity index (χ1n) is 7.14. The highest BCUT2D eigenvalue weighted by molar-refractivity contribution is 7.92. The van der Waals surface area contributed by atoms with Crippen LogP contribution in [0.25, 0.3) is 0 Å². The van der Waals surface area contributed by atoms with Crippen LogP contribution in [0.1, 0.15) is 12.8 Å². The van der Waals surface area contributed by atoms with E-state index in [-0.39, 0.29) is 4.90 Å². The molecule has 0 unspecified atom stereocenters. The van der Waals surface area contributed by atoms with Gasteiger partial charge in [0, 0.05) is 25.4 Å². The van der Waals surface area contributed by atoms with Gasteiger partial charge in [-0.15, -0.1) is 0 Å². The van der Waals surface area contributed by atoms with Gasteiger partial charge in [-0.3, -0.25) is 4.72 Å². The highest BCUT2D eigenvalue weighted by Gasteiger charge is 2.19. The lowest BCUT2D eigenvalue weighted by atomic mass is 10.3. The molecule has 2 aromatic rings. The molecule has 1 fully saturated rings. The van der Waals surface area contributed by atoms with Crippen molar-refractivity contribution in [1.29, 1.82) is 0 Å². The van der Waals surface area contributed by atoms with E-state index in [0.29, 0.717) is 5.82 Å². The Morgan fingerprint density at radius 3 is 2.48 bits per heavy atom. The highest BCUT2D eigenvalue weighted by Crippen LogP contribution is 2.22. The van der Waals surface area contributed by atoms with Crippen molar-refractivity contribution in [3.05, 3.63) is 48.2 Å². The average Bonchev–Trinajstić information content (AvgIpc) is 3.05. The number of rotatable bonds is 4. The second kappa shape index (κ2) is 6.11. The summed E-state index contributed by atoms with van der Waals surface area (Å²) in [7, 11) is -4.03. The zero-order chi connectivity index (χ0) is 16.4. The number of nitrogens with one attached hydrogen (secondary N) is 1. The number of sulfonamides is 1. The summed E-state index contributed by atoms with van der Waals surface area (Å²) in [5, 5.41) is 0. The number of hydrogen-bond donors (Lipinski definition) is 1. The van der Waals surface area contributed by atoms with Crippen LogP contribution in [0.15, 0.2) is 41.4 Å². The molecule has 0 radical (unpaired) electrons. The van der Waals surface area contributed by atoms with E-state index in [1.54, 1.807) is 6.07 Å². The summed E-state index contributed by atoms with van der Waals surface area (Å²) < 4.78 is 53.2. The monoisotopic (exact) mass is 339 g/mol. The van der Waals surface area contributed by atoms with E-state index < -0.39 is 27.3 Å². The van der Waals surface area contributed by atoms with Gasteiger partial charge in [-0.05, 0) is 37.1 Å². The van der Waals surface area contributed by atoms with Crippen molar-refractivity contribution in [2.75, 3.05) is 22.7 Å². The molecule has 0 atom stereocenters. The fraction of sp³-hybridized carbons (Fsp3) is 0.267. The Kier molecular flexibility index (Phi) is 4.16. The van der Waals surface area contributed by atoms with Crippen LogP contribution in [-0.4, -0.2) is 26.5 Å². The van der Waals surface area contributed by atoms with Crippen molar-refractivity contribution in [3.63, 3.8) is 0 Å². The molecule has 8 heteroatoms. The van der Waals surface area contributed by atoms with Crippen LogP contribution >= 0.6 is 0 Å². The third kappa shape index (κ3) is 3.42. The molecule has 2 heterocycles. The SMILES string of the molecule is O=S(=O)(Nc1cc(F)ccc1F)c1ccc(N2CCCC2)nc1. The van der Waals surface area contributed by atoms with Gasteiger partial charge in [-0.25, -0.2) is 22.2 Å². The molecule has 5 nitrogen and oxygen atoms in total. The van der Waals surface area contributed by atoms with Crippen LogP contribution in [0.3, 0.4) is 0 Å². The number of aromatic nitrogens is 1. The van der Waals surface area contributed by atoms with Crippen LogP contribution in [-0.2, 0) is 10.0 Å². The molecule has 1 N–H and O–H groups in total. The lowest BCUT2D eigenvalue weighted by molar-refractivity contribution is 0.594. The van der Waals surface area contributed by atoms with Crippen molar-refractivity contribution in [1.82, 2.24) is 4.98 Å². The fourth-order valence-electron chi connectivity index (χ4n) is 2.44. The van der Waals surface area contributed by atoms with Crippen molar-refractivity contribution in [2.45, 2.75) is 17.7 Å². The minimum absolute atomic E-state index is 0.107. The second-order valence-corrected chi connectivity index (χ2v) is 6.96. The van der Waals surface area contributed by atoms with Gasteiger partial charge in [-0.1, -0.05) is 0 Å². The van der Waals surface area contributed by atoms with Gasteiger partial charge < -0.3 is 4.90 Å². The molecule has 1 aliphatic rings. The molecule has 1 aliphatic heterocycles. The highest BCUT2D eigenvalue weighted by atomic mass is 32.2. The second-order valence-electron chi connectivity index (χ2n) is 5.28. The molecular formula is C15H15F2N3O2S. The van der Waals surface area contributed by atoms with Gasteiger partial charge >= 0.3 is 0 Å². The first kappa shape index (κ1) is 15.7. The van der Waals surface area contributed by atoms with Gasteiger partial charge in [0.15, 0.2) is 0 Å². The fourth-order valence-corrected chi connectivity index (χ4v) is 3.45. The first-order valence-corrected chi connectivity index (χ1v) is 8.63. The van der Waals surface area contributed by atoms with Gasteiger partial charge in [-0.2, -0.15) is 0 Å². The molecule has 0 amide bonds. The first-order chi connectivity index (χ1) is 11.0. The summed E-state index contributed by atoms with van der Waals surface area (Å²) in [6.07, 6.45) is 3.39. The van der Waals surface area contributed by atoms with Crippen molar-refractivity contribution in [2.24, 2.45) is 0 Å². The smallest absolute Gasteiger partial charge is 0.263 e. The van der Waals surface area contributed by atoms with E-state index in [9.17, 15) is 17.2 Å². The average molecular weight is 339 g/mol. The summed E-state index contributed by atoms with van der Waals surface area (Å²) in [5.41, 5.74) is -0.436. The molecule has 1 aromatic heterocycles. The van der Waals surface area contributed by atoms with E-state index >= 15 is 0 Å². The largest absolute Gasteiger partial charge is 0.357 e. The lowest BCUT2D eigenvalue weighted by Crippen LogP contribution is -2.19. The molecule has 1 aromatic carbocycles. The van der Waals surface area contributed by atoms with Crippen LogP contribution < -0.4 is 9.62 Å². The Morgan fingerprint density at radius 1 is 1.09 bits per heavy atom. The van der Waals surface area contributed by atoms with Crippen LogP contribution in [0.2, 0.25) is 0 Å². The van der Waals surface area contributed by atoms with Crippen molar-refractivity contribution < 1.29 is 17.2 Å². The van der Waals surface area contributed by atoms with E-state index in [2.05, 4.69) is 9.88 Å². The molecule has 0 saturated carbocycles. The van der Waals surface area contributed by atoms with Crippen molar-refractivity contribution >= 4 is 21.5 Å². The maximum atomic E-state index is 13.6. The topological polar surface area (TPSA) is 62.3 Å². The summed E-state index contributed by atoms with van der Waals surface area (Å²) >= 11 is 0. The van der Waals surface area contributed by atoms with Crippen LogP contribution in [0.5, 0.6) is 0 Å². The van der Waals surface area contributed by atoms with Gasteiger partial charge in [0.05, 0.1) is 5.69 Å². The Morgan fingerprint density at radius 2 is 1.83 bits per heavy atom. The Hall–Kier alpha value is -2.22. The Labute approximate surface area is 133 Å². The van der Waals surface area contributed by atoms with E-state index in [4.69, 9.17) is 0 Å². The predicted octanol–water partition coefficient (Wildman–Crippen LogP) is 2.76. The Balaban J connectivity index is 1.83. The number of anilines is 2. The van der Waals surface area contributed by atoms with Gasteiger partial charge in [0.2, 0.25) is 0 Å². The summed E-state index contributed by atoms with van der Waals surface area (Å²) in [6, 6.07) is 5.59. The van der Waals surface area contributed by atoms with E-state index in [1.807, 2.05) is 4.72 Å². The molecule has 0 spiro atoms. The van der Waals surface area contributed by atoms with Crippen LogP contribution in [0.4, 0.5) is 20.3 Å². The summed E-state index contributed by atoms with van der Waals surface area (Å²) in [4.78, 5) is 6.11. The number of benzene rings is 1. The van der Waals surface area contributed by atoms with Gasteiger partial charge in [0.1, 0.15) is 22.3 Å². The summed E-state index contributed by atoms with van der Waals surface area (Å²) in [6.45, 7) is 1.79. The molecule has 1 saturated heterocycles. The van der Waals surface area contributed by atoms with Crippen LogP contribution in [0, 0.1) is 11.6 Å². The zero-order valence-electron chi connectivity index (χ0n) is 12.2. The number of pyridine rings is 1. The quantitative estimate of drug-likeness (QED) is 0.930. The minimum atomic E-state index is -4.03. The third-order valence-corrected chi connectivity index (χ3v) is 4.98. The molecule has 23 heavy (non-hydrogen) atoms. The molecular weight excluding hydrogens is 324 g/mol. The minimum Gasteiger partial charge on any atom is -0.357 e. The maximum Gasteiger partial charge on any atom is 0.263 e. The van der Waals surface area contributed by atoms with Crippen molar-refractivity contribution in [3.8, 4) is 0 Å². The summed E-state index contributed by atoms with van der Waals surface area (Å²) in [5.74, 6) is -0.874. The number of hydrogen-bond acceptors (Lipinski definition) is 4. The van der Waals surface area contributed by atoms with E-state index in [1.165, 1.54) is 12.3 Å². The zero-order valence-corrected chi connectivity index (χ0v) is 13.0. The molecule has 0 aliphatic carbocycles. The molecule has 3 rings (SSSR count). The third-order valence-electron chi connectivity index (χ3n) is 3.63. The molecule has 0 bridgehead atoms. The lowest BCUT2D eigenvalue weighted by Gasteiger charge is -2.16. The maximum absolute atomic E-state index is 13.6. The standard InChI is InChI=1S/C15H15F2N3O2S/c16-11-3-5-13(17)14(9-11)19-23(21,22)12-4-6-15(18-10-12)20-7-1-2-8-20/h3-6,9-10,19H,1-2,7-8H2.